The lowest BCUT2D eigenvalue weighted by Gasteiger charge is -2.07. The van der Waals surface area contributed by atoms with Gasteiger partial charge in [0.05, 0.1) is 16.6 Å². The highest BCUT2D eigenvalue weighted by molar-refractivity contribution is 6.01. The lowest BCUT2D eigenvalue weighted by molar-refractivity contribution is -0.116. The number of anilines is 1. The Bertz CT molecular complexity index is 1130. The molecule has 0 aliphatic rings. The van der Waals surface area contributed by atoms with Gasteiger partial charge in [0.2, 0.25) is 5.91 Å². The Morgan fingerprint density at radius 3 is 2.84 bits per heavy atom. The highest BCUT2D eigenvalue weighted by atomic mass is 16.1. The predicted octanol–water partition coefficient (Wildman–Crippen LogP) is 2.98. The van der Waals surface area contributed by atoms with E-state index in [0.717, 1.165) is 16.6 Å². The van der Waals surface area contributed by atoms with Gasteiger partial charge in [-0.25, -0.2) is 4.98 Å². The minimum absolute atomic E-state index is 0.121. The van der Waals surface area contributed by atoms with Crippen LogP contribution >= 0.6 is 0 Å². The molecule has 25 heavy (non-hydrogen) atoms. The molecule has 0 bridgehead atoms. The van der Waals surface area contributed by atoms with Gasteiger partial charge in [-0.15, -0.1) is 0 Å². The van der Waals surface area contributed by atoms with E-state index in [4.69, 9.17) is 0 Å². The average molecular weight is 332 g/mol. The van der Waals surface area contributed by atoms with E-state index in [2.05, 4.69) is 20.3 Å². The van der Waals surface area contributed by atoms with E-state index in [9.17, 15) is 9.59 Å². The molecule has 1 amide bonds. The fourth-order valence-corrected chi connectivity index (χ4v) is 2.89. The molecule has 6 heteroatoms. The molecule has 0 aliphatic heterocycles. The molecule has 0 spiro atoms. The number of hydrogen-bond acceptors (Lipinski definition) is 3. The highest BCUT2D eigenvalue weighted by Gasteiger charge is 2.09. The van der Waals surface area contributed by atoms with Gasteiger partial charge in [-0.3, -0.25) is 9.59 Å². The number of carbonyl (C=O) groups is 1. The first-order valence-electron chi connectivity index (χ1n) is 8.04. The van der Waals surface area contributed by atoms with Crippen molar-refractivity contribution >= 4 is 33.4 Å². The third-order valence-corrected chi connectivity index (χ3v) is 4.12. The zero-order chi connectivity index (χ0) is 17.2. The van der Waals surface area contributed by atoms with Gasteiger partial charge < -0.3 is 15.3 Å². The number of benzene rings is 2. The SMILES string of the molecule is O=C(CCc1nc2ccccc2c(=O)[nH]1)Nc1cccc2[nH]ccc12. The lowest BCUT2D eigenvalue weighted by atomic mass is 10.2. The highest BCUT2D eigenvalue weighted by Crippen LogP contribution is 2.22. The van der Waals surface area contributed by atoms with Crippen LogP contribution in [0.3, 0.4) is 0 Å². The van der Waals surface area contributed by atoms with Crippen molar-refractivity contribution in [2.24, 2.45) is 0 Å². The van der Waals surface area contributed by atoms with Crippen molar-refractivity contribution in [3.8, 4) is 0 Å². The molecular formula is C19H16N4O2. The number of aromatic nitrogens is 3. The molecular weight excluding hydrogens is 316 g/mol. The molecule has 2 heterocycles. The maximum absolute atomic E-state index is 12.3. The molecule has 0 radical (unpaired) electrons. The Kier molecular flexibility index (Phi) is 3.78. The zero-order valence-corrected chi connectivity index (χ0v) is 13.4. The number of rotatable bonds is 4. The predicted molar refractivity (Wildman–Crippen MR) is 97.6 cm³/mol. The molecule has 0 unspecified atom stereocenters. The van der Waals surface area contributed by atoms with Crippen LogP contribution in [-0.4, -0.2) is 20.9 Å². The van der Waals surface area contributed by atoms with E-state index in [1.54, 1.807) is 18.2 Å². The number of carbonyl (C=O) groups excluding carboxylic acids is 1. The number of fused-ring (bicyclic) bond motifs is 2. The lowest BCUT2D eigenvalue weighted by Crippen LogP contribution is -2.16. The normalized spacial score (nSPS) is 11.0. The van der Waals surface area contributed by atoms with E-state index in [-0.39, 0.29) is 17.9 Å². The summed E-state index contributed by atoms with van der Waals surface area (Å²) in [4.78, 5) is 34.6. The Labute approximate surface area is 142 Å². The number of H-pyrrole nitrogens is 2. The van der Waals surface area contributed by atoms with Gasteiger partial charge in [-0.2, -0.15) is 0 Å². The van der Waals surface area contributed by atoms with E-state index < -0.39 is 0 Å². The maximum Gasteiger partial charge on any atom is 0.258 e. The molecule has 0 atom stereocenters. The molecule has 0 saturated heterocycles. The molecule has 2 aromatic carbocycles. The zero-order valence-electron chi connectivity index (χ0n) is 13.4. The summed E-state index contributed by atoms with van der Waals surface area (Å²) in [6.45, 7) is 0. The summed E-state index contributed by atoms with van der Waals surface area (Å²) in [5.41, 5.74) is 2.19. The molecule has 0 saturated carbocycles. The second kappa shape index (κ2) is 6.24. The Hall–Kier alpha value is -3.41. The fourth-order valence-electron chi connectivity index (χ4n) is 2.89. The fraction of sp³-hybridized carbons (Fsp3) is 0.105. The summed E-state index contributed by atoms with van der Waals surface area (Å²) >= 11 is 0. The van der Waals surface area contributed by atoms with E-state index in [1.165, 1.54) is 0 Å². The van der Waals surface area contributed by atoms with Crippen molar-refractivity contribution in [3.05, 3.63) is 70.9 Å². The van der Waals surface area contributed by atoms with E-state index in [1.807, 2.05) is 36.5 Å². The summed E-state index contributed by atoms with van der Waals surface area (Å²) in [7, 11) is 0. The Morgan fingerprint density at radius 2 is 1.92 bits per heavy atom. The van der Waals surface area contributed by atoms with Crippen molar-refractivity contribution in [2.45, 2.75) is 12.8 Å². The van der Waals surface area contributed by atoms with Crippen LogP contribution in [0.2, 0.25) is 0 Å². The minimum Gasteiger partial charge on any atom is -0.361 e. The number of aromatic amines is 2. The third-order valence-electron chi connectivity index (χ3n) is 4.12. The van der Waals surface area contributed by atoms with E-state index >= 15 is 0 Å². The van der Waals surface area contributed by atoms with Gasteiger partial charge in [-0.1, -0.05) is 18.2 Å². The number of para-hydroxylation sites is 1. The largest absolute Gasteiger partial charge is 0.361 e. The molecule has 3 N–H and O–H groups in total. The van der Waals surface area contributed by atoms with Gasteiger partial charge in [-0.05, 0) is 30.3 Å². The molecule has 4 aromatic rings. The summed E-state index contributed by atoms with van der Waals surface area (Å²) in [6, 6.07) is 14.8. The van der Waals surface area contributed by atoms with Crippen molar-refractivity contribution < 1.29 is 4.79 Å². The number of amides is 1. The van der Waals surface area contributed by atoms with Crippen molar-refractivity contribution in [2.75, 3.05) is 5.32 Å². The van der Waals surface area contributed by atoms with Crippen LogP contribution in [0.1, 0.15) is 12.2 Å². The van der Waals surface area contributed by atoms with Gasteiger partial charge in [0.25, 0.3) is 5.56 Å². The monoisotopic (exact) mass is 332 g/mol. The second-order valence-corrected chi connectivity index (χ2v) is 5.82. The molecule has 0 fully saturated rings. The molecule has 4 rings (SSSR count). The quantitative estimate of drug-likeness (QED) is 0.536. The van der Waals surface area contributed by atoms with Crippen LogP contribution in [0.25, 0.3) is 21.8 Å². The summed E-state index contributed by atoms with van der Waals surface area (Å²) in [5, 5.41) is 4.43. The summed E-state index contributed by atoms with van der Waals surface area (Å²) < 4.78 is 0. The average Bonchev–Trinajstić information content (AvgIpc) is 3.10. The van der Waals surface area contributed by atoms with Crippen LogP contribution in [0.5, 0.6) is 0 Å². The number of aryl methyl sites for hydroxylation is 1. The number of nitrogens with zero attached hydrogens (tertiary/aromatic N) is 1. The second-order valence-electron chi connectivity index (χ2n) is 5.82. The van der Waals surface area contributed by atoms with Gasteiger partial charge in [0.1, 0.15) is 5.82 Å². The Balaban J connectivity index is 1.49. The van der Waals surface area contributed by atoms with Gasteiger partial charge >= 0.3 is 0 Å². The van der Waals surface area contributed by atoms with Crippen LogP contribution < -0.4 is 10.9 Å². The van der Waals surface area contributed by atoms with Gasteiger partial charge in [0.15, 0.2) is 0 Å². The van der Waals surface area contributed by atoms with Crippen molar-refractivity contribution in [1.82, 2.24) is 15.0 Å². The molecule has 124 valence electrons. The summed E-state index contributed by atoms with van der Waals surface area (Å²) in [6.07, 6.45) is 2.45. The minimum atomic E-state index is -0.182. The first-order chi connectivity index (χ1) is 12.2. The van der Waals surface area contributed by atoms with Crippen LogP contribution in [0.4, 0.5) is 5.69 Å². The first-order valence-corrected chi connectivity index (χ1v) is 8.04. The topological polar surface area (TPSA) is 90.6 Å². The molecule has 0 aliphatic carbocycles. The smallest absolute Gasteiger partial charge is 0.258 e. The number of nitrogens with one attached hydrogen (secondary N) is 3. The summed E-state index contributed by atoms with van der Waals surface area (Å²) in [5.74, 6) is 0.392. The number of hydrogen-bond donors (Lipinski definition) is 3. The van der Waals surface area contributed by atoms with Gasteiger partial charge in [0, 0.05) is 29.9 Å². The van der Waals surface area contributed by atoms with Crippen molar-refractivity contribution in [3.63, 3.8) is 0 Å². The standard InChI is InChI=1S/C19H16N4O2/c24-18(22-15-7-3-6-14-12(15)10-11-20-14)9-8-17-21-16-5-2-1-4-13(16)19(25)23-17/h1-7,10-11,20H,8-9H2,(H,22,24)(H,21,23,25). The third kappa shape index (κ3) is 3.01. The Morgan fingerprint density at radius 1 is 1.04 bits per heavy atom. The first kappa shape index (κ1) is 15.1. The van der Waals surface area contributed by atoms with Crippen LogP contribution in [0.15, 0.2) is 59.5 Å². The maximum atomic E-state index is 12.3. The molecule has 2 aromatic heterocycles. The van der Waals surface area contributed by atoms with E-state index in [0.29, 0.717) is 23.1 Å². The van der Waals surface area contributed by atoms with Crippen LogP contribution in [-0.2, 0) is 11.2 Å². The van der Waals surface area contributed by atoms with Crippen molar-refractivity contribution in [1.29, 1.82) is 0 Å². The van der Waals surface area contributed by atoms with Crippen LogP contribution in [0, 0.1) is 0 Å². The molecule has 6 nitrogen and oxygen atoms in total.